The van der Waals surface area contributed by atoms with Crippen LogP contribution in [0.4, 0.5) is 5.13 Å². The Morgan fingerprint density at radius 3 is 2.65 bits per heavy atom. The second-order valence-electron chi connectivity index (χ2n) is 3.96. The van der Waals surface area contributed by atoms with Crippen LogP contribution < -0.4 is 5.32 Å². The van der Waals surface area contributed by atoms with Gasteiger partial charge in [-0.1, -0.05) is 30.3 Å². The Kier molecular flexibility index (Phi) is 3.81. The number of benzene rings is 1. The van der Waals surface area contributed by atoms with E-state index in [0.717, 1.165) is 15.3 Å². The van der Waals surface area contributed by atoms with Crippen molar-refractivity contribution >= 4 is 32.4 Å². The van der Waals surface area contributed by atoms with E-state index in [4.69, 9.17) is 0 Å². The number of hydrogen-bond acceptors (Lipinski definition) is 4. The van der Waals surface area contributed by atoms with Crippen LogP contribution in [-0.2, 0) is 5.54 Å². The smallest absolute Gasteiger partial charge is 0.184 e. The molecule has 90 valence electrons. The van der Waals surface area contributed by atoms with Gasteiger partial charge in [-0.2, -0.15) is 0 Å². The normalized spacial score (nSPS) is 14.3. The molecule has 3 nitrogen and oxygen atoms in total. The summed E-state index contributed by atoms with van der Waals surface area (Å²) in [7, 11) is 0. The largest absolute Gasteiger partial charge is 0.394 e. The molecule has 0 aliphatic rings. The van der Waals surface area contributed by atoms with Crippen molar-refractivity contribution in [3.63, 3.8) is 0 Å². The van der Waals surface area contributed by atoms with Gasteiger partial charge in [0.2, 0.25) is 0 Å². The Labute approximate surface area is 113 Å². The second-order valence-corrected chi connectivity index (χ2v) is 5.63. The fourth-order valence-electron chi connectivity index (χ4n) is 1.56. The molecule has 17 heavy (non-hydrogen) atoms. The van der Waals surface area contributed by atoms with E-state index >= 15 is 0 Å². The molecule has 0 spiro atoms. The minimum atomic E-state index is -0.515. The number of aliphatic hydroxyl groups excluding tert-OH is 1. The van der Waals surface area contributed by atoms with Gasteiger partial charge in [-0.25, -0.2) is 4.98 Å². The van der Waals surface area contributed by atoms with Gasteiger partial charge in [0, 0.05) is 5.38 Å². The van der Waals surface area contributed by atoms with E-state index in [1.54, 1.807) is 0 Å². The zero-order chi connectivity index (χ0) is 12.3. The quantitative estimate of drug-likeness (QED) is 0.911. The highest BCUT2D eigenvalue weighted by atomic mass is 79.9. The molecule has 1 heterocycles. The van der Waals surface area contributed by atoms with Gasteiger partial charge in [-0.15, -0.1) is 11.3 Å². The van der Waals surface area contributed by atoms with Crippen molar-refractivity contribution in [2.45, 2.75) is 12.5 Å². The Morgan fingerprint density at radius 2 is 2.12 bits per heavy atom. The van der Waals surface area contributed by atoms with Crippen molar-refractivity contribution in [1.29, 1.82) is 0 Å². The first-order valence-electron chi connectivity index (χ1n) is 5.20. The summed E-state index contributed by atoms with van der Waals surface area (Å²) in [5, 5.41) is 15.6. The van der Waals surface area contributed by atoms with Crippen LogP contribution in [-0.4, -0.2) is 16.7 Å². The molecule has 1 atom stereocenters. The Balaban J connectivity index is 2.26. The molecule has 0 saturated carbocycles. The van der Waals surface area contributed by atoms with Gasteiger partial charge < -0.3 is 10.4 Å². The number of aliphatic hydroxyl groups is 1. The third-order valence-corrected chi connectivity index (χ3v) is 4.05. The molecule has 0 amide bonds. The van der Waals surface area contributed by atoms with Crippen LogP contribution >= 0.6 is 27.3 Å². The Morgan fingerprint density at radius 1 is 1.41 bits per heavy atom. The third kappa shape index (κ3) is 2.86. The molecule has 1 aromatic heterocycles. The maximum absolute atomic E-state index is 9.61. The first-order valence-corrected chi connectivity index (χ1v) is 6.87. The van der Waals surface area contributed by atoms with E-state index < -0.39 is 5.54 Å². The fraction of sp³-hybridized carbons (Fsp3) is 0.250. The van der Waals surface area contributed by atoms with E-state index in [9.17, 15) is 5.11 Å². The van der Waals surface area contributed by atoms with Crippen molar-refractivity contribution in [3.05, 3.63) is 45.9 Å². The summed E-state index contributed by atoms with van der Waals surface area (Å²) in [5.74, 6) is 0. The molecule has 0 fully saturated rings. The van der Waals surface area contributed by atoms with Crippen LogP contribution in [0.15, 0.2) is 40.3 Å². The fourth-order valence-corrected chi connectivity index (χ4v) is 2.83. The minimum Gasteiger partial charge on any atom is -0.394 e. The average Bonchev–Trinajstić information content (AvgIpc) is 2.75. The van der Waals surface area contributed by atoms with Gasteiger partial charge in [0.25, 0.3) is 0 Å². The maximum atomic E-state index is 9.61. The van der Waals surface area contributed by atoms with Crippen LogP contribution in [0, 0.1) is 0 Å². The van der Waals surface area contributed by atoms with Gasteiger partial charge in [0.15, 0.2) is 5.13 Å². The van der Waals surface area contributed by atoms with Gasteiger partial charge >= 0.3 is 0 Å². The standard InChI is InChI=1S/C12H13BrN2OS/c1-12(8-16,9-5-3-2-4-6-9)15-11-14-10(13)7-17-11/h2-7,16H,8H2,1H3,(H,14,15). The molecule has 2 aromatic rings. The Hall–Kier alpha value is -0.910. The van der Waals surface area contributed by atoms with Gasteiger partial charge in [0.1, 0.15) is 4.60 Å². The lowest BCUT2D eigenvalue weighted by atomic mass is 9.93. The topological polar surface area (TPSA) is 45.1 Å². The third-order valence-electron chi connectivity index (χ3n) is 2.59. The molecule has 1 unspecified atom stereocenters. The molecule has 5 heteroatoms. The van der Waals surface area contributed by atoms with Crippen LogP contribution in [0.5, 0.6) is 0 Å². The zero-order valence-electron chi connectivity index (χ0n) is 9.35. The predicted molar refractivity (Wildman–Crippen MR) is 74.3 cm³/mol. The molecule has 0 bridgehead atoms. The van der Waals surface area contributed by atoms with E-state index in [1.165, 1.54) is 11.3 Å². The summed E-state index contributed by atoms with van der Waals surface area (Å²) < 4.78 is 0.804. The molecular weight excluding hydrogens is 300 g/mol. The average molecular weight is 313 g/mol. The monoisotopic (exact) mass is 312 g/mol. The number of hydrogen-bond donors (Lipinski definition) is 2. The highest BCUT2D eigenvalue weighted by Gasteiger charge is 2.26. The SMILES string of the molecule is CC(CO)(Nc1nc(Br)cs1)c1ccccc1. The number of anilines is 1. The van der Waals surface area contributed by atoms with Gasteiger partial charge in [-0.3, -0.25) is 0 Å². The number of halogens is 1. The number of aromatic nitrogens is 1. The summed E-state index contributed by atoms with van der Waals surface area (Å²) in [5.41, 5.74) is 0.521. The van der Waals surface area contributed by atoms with Crippen LogP contribution in [0.3, 0.4) is 0 Å². The van der Waals surface area contributed by atoms with Crippen molar-refractivity contribution in [2.75, 3.05) is 11.9 Å². The molecule has 2 N–H and O–H groups in total. The van der Waals surface area contributed by atoms with Crippen molar-refractivity contribution < 1.29 is 5.11 Å². The molecule has 0 aliphatic carbocycles. The number of thiazole rings is 1. The first kappa shape index (κ1) is 12.5. The van der Waals surface area contributed by atoms with Crippen LogP contribution in [0.2, 0.25) is 0 Å². The van der Waals surface area contributed by atoms with Gasteiger partial charge in [-0.05, 0) is 28.4 Å². The molecule has 0 radical (unpaired) electrons. The second kappa shape index (κ2) is 5.16. The van der Waals surface area contributed by atoms with E-state index in [1.807, 2.05) is 42.6 Å². The van der Waals surface area contributed by atoms with E-state index in [-0.39, 0.29) is 6.61 Å². The van der Waals surface area contributed by atoms with E-state index in [2.05, 4.69) is 26.2 Å². The van der Waals surface area contributed by atoms with Crippen LogP contribution in [0.25, 0.3) is 0 Å². The summed E-state index contributed by atoms with van der Waals surface area (Å²) in [6.45, 7) is 1.96. The molecule has 2 rings (SSSR count). The zero-order valence-corrected chi connectivity index (χ0v) is 11.8. The molecule has 0 aliphatic heterocycles. The minimum absolute atomic E-state index is 0.00815. The lowest BCUT2D eigenvalue weighted by molar-refractivity contribution is 0.224. The highest BCUT2D eigenvalue weighted by Crippen LogP contribution is 2.28. The summed E-state index contributed by atoms with van der Waals surface area (Å²) >= 11 is 4.82. The highest BCUT2D eigenvalue weighted by molar-refractivity contribution is 9.10. The lowest BCUT2D eigenvalue weighted by Crippen LogP contribution is -2.35. The Bertz CT molecular complexity index is 488. The summed E-state index contributed by atoms with van der Waals surface area (Å²) in [6.07, 6.45) is 0. The number of rotatable bonds is 4. The molecular formula is C12H13BrN2OS. The first-order chi connectivity index (χ1) is 8.14. The van der Waals surface area contributed by atoms with Crippen molar-refractivity contribution in [2.24, 2.45) is 0 Å². The number of nitrogens with one attached hydrogen (secondary N) is 1. The number of nitrogens with zero attached hydrogens (tertiary/aromatic N) is 1. The molecule has 0 saturated heterocycles. The lowest BCUT2D eigenvalue weighted by Gasteiger charge is -2.29. The van der Waals surface area contributed by atoms with Gasteiger partial charge in [0.05, 0.1) is 12.1 Å². The summed E-state index contributed by atoms with van der Waals surface area (Å²) in [4.78, 5) is 4.28. The van der Waals surface area contributed by atoms with Crippen LogP contribution in [0.1, 0.15) is 12.5 Å². The predicted octanol–water partition coefficient (Wildman–Crippen LogP) is 3.23. The van der Waals surface area contributed by atoms with E-state index in [0.29, 0.717) is 0 Å². The maximum Gasteiger partial charge on any atom is 0.184 e. The summed E-state index contributed by atoms with van der Waals surface area (Å²) in [6, 6.07) is 9.87. The van der Waals surface area contributed by atoms with Crippen molar-refractivity contribution in [1.82, 2.24) is 4.98 Å². The van der Waals surface area contributed by atoms with Crippen molar-refractivity contribution in [3.8, 4) is 0 Å². The molecule has 1 aromatic carbocycles.